The summed E-state index contributed by atoms with van der Waals surface area (Å²) in [5, 5.41) is 6.72. The third-order valence-electron chi connectivity index (χ3n) is 5.43. The Bertz CT molecular complexity index is 942. The second-order valence-electron chi connectivity index (χ2n) is 8.64. The van der Waals surface area contributed by atoms with Crippen LogP contribution in [0.2, 0.25) is 0 Å². The fraction of sp³-hybridized carbons (Fsp3) is 0.462. The monoisotopic (exact) mass is 564 g/mol. The summed E-state index contributed by atoms with van der Waals surface area (Å²) in [6.07, 6.45) is 3.36. The predicted octanol–water partition coefficient (Wildman–Crippen LogP) is 4.40. The van der Waals surface area contributed by atoms with Gasteiger partial charge >= 0.3 is 0 Å². The van der Waals surface area contributed by atoms with Crippen molar-refractivity contribution in [1.29, 1.82) is 0 Å². The molecule has 1 aliphatic carbocycles. The van der Waals surface area contributed by atoms with E-state index in [1.807, 2.05) is 24.3 Å². The van der Waals surface area contributed by atoms with Gasteiger partial charge in [0.25, 0.3) is 5.91 Å². The molecule has 0 radical (unpaired) electrons. The lowest BCUT2D eigenvalue weighted by molar-refractivity contribution is 0.0827. The predicted molar refractivity (Wildman–Crippen MR) is 146 cm³/mol. The Balaban J connectivity index is 0.00000385. The number of aryl methyl sites for hydroxylation is 1. The van der Waals surface area contributed by atoms with Gasteiger partial charge in [0.15, 0.2) is 5.96 Å². The number of carbonyl (C=O) groups excluding carboxylic acids is 1. The van der Waals surface area contributed by atoms with Crippen molar-refractivity contribution in [3.63, 3.8) is 0 Å². The molecular formula is C26H37IN4O2. The summed E-state index contributed by atoms with van der Waals surface area (Å²) in [4.78, 5) is 18.6. The highest BCUT2D eigenvalue weighted by molar-refractivity contribution is 14.0. The van der Waals surface area contributed by atoms with Gasteiger partial charge in [0.2, 0.25) is 0 Å². The Morgan fingerprint density at radius 2 is 1.94 bits per heavy atom. The number of aliphatic imine (C=N–C) groups is 1. The van der Waals surface area contributed by atoms with Crippen molar-refractivity contribution in [1.82, 2.24) is 15.5 Å². The number of hydrogen-bond donors (Lipinski definition) is 2. The molecule has 0 saturated heterocycles. The molecule has 0 spiro atoms. The molecule has 0 aliphatic heterocycles. The molecule has 6 nitrogen and oxygen atoms in total. The van der Waals surface area contributed by atoms with E-state index in [0.29, 0.717) is 12.1 Å². The van der Waals surface area contributed by atoms with E-state index in [9.17, 15) is 4.79 Å². The molecule has 2 aromatic rings. The van der Waals surface area contributed by atoms with Crippen LogP contribution in [0.15, 0.2) is 47.5 Å². The minimum atomic E-state index is 0. The molecule has 2 N–H and O–H groups in total. The van der Waals surface area contributed by atoms with E-state index in [2.05, 4.69) is 42.7 Å². The van der Waals surface area contributed by atoms with Gasteiger partial charge in [-0.15, -0.1) is 24.0 Å². The van der Waals surface area contributed by atoms with Crippen LogP contribution in [0.4, 0.5) is 0 Å². The Labute approximate surface area is 215 Å². The molecular weight excluding hydrogens is 527 g/mol. The lowest BCUT2D eigenvalue weighted by atomic mass is 10.1. The van der Waals surface area contributed by atoms with Crippen LogP contribution < -0.4 is 15.4 Å². The molecule has 0 unspecified atom stereocenters. The first-order valence-electron chi connectivity index (χ1n) is 11.5. The SMILES string of the molecule is CCNC(=NCc1ccc(C)cc1OCC1CC1)NCCc1cccc(C(=O)N(C)C)c1.I. The van der Waals surface area contributed by atoms with Gasteiger partial charge in [0.1, 0.15) is 5.75 Å². The number of carbonyl (C=O) groups is 1. The summed E-state index contributed by atoms with van der Waals surface area (Å²) in [7, 11) is 3.54. The number of nitrogens with zero attached hydrogens (tertiary/aromatic N) is 2. The summed E-state index contributed by atoms with van der Waals surface area (Å²) in [5.41, 5.74) is 4.13. The summed E-state index contributed by atoms with van der Waals surface area (Å²) in [6, 6.07) is 14.1. The van der Waals surface area contributed by atoms with Crippen LogP contribution in [-0.2, 0) is 13.0 Å². The van der Waals surface area contributed by atoms with E-state index in [-0.39, 0.29) is 29.9 Å². The number of guanidine groups is 1. The molecule has 2 aromatic carbocycles. The number of hydrogen-bond acceptors (Lipinski definition) is 3. The molecule has 33 heavy (non-hydrogen) atoms. The highest BCUT2D eigenvalue weighted by Gasteiger charge is 2.22. The Morgan fingerprint density at radius 3 is 2.64 bits per heavy atom. The van der Waals surface area contributed by atoms with Crippen LogP contribution in [0.5, 0.6) is 5.75 Å². The van der Waals surface area contributed by atoms with E-state index in [1.54, 1.807) is 19.0 Å². The normalized spacial score (nSPS) is 13.2. The van der Waals surface area contributed by atoms with Gasteiger partial charge in [-0.1, -0.05) is 24.3 Å². The van der Waals surface area contributed by atoms with Gasteiger partial charge in [0, 0.05) is 38.3 Å². The number of rotatable bonds is 10. The van der Waals surface area contributed by atoms with E-state index in [4.69, 9.17) is 9.73 Å². The van der Waals surface area contributed by atoms with E-state index >= 15 is 0 Å². The molecule has 1 amide bonds. The van der Waals surface area contributed by atoms with Gasteiger partial charge in [-0.25, -0.2) is 4.99 Å². The van der Waals surface area contributed by atoms with Crippen molar-refractivity contribution in [3.05, 3.63) is 64.7 Å². The number of amides is 1. The van der Waals surface area contributed by atoms with E-state index < -0.39 is 0 Å². The molecule has 1 aliphatic rings. The molecule has 0 atom stereocenters. The van der Waals surface area contributed by atoms with Crippen LogP contribution in [0.25, 0.3) is 0 Å². The largest absolute Gasteiger partial charge is 0.493 e. The van der Waals surface area contributed by atoms with Crippen LogP contribution >= 0.6 is 24.0 Å². The summed E-state index contributed by atoms with van der Waals surface area (Å²) < 4.78 is 6.08. The van der Waals surface area contributed by atoms with Crippen LogP contribution in [0, 0.1) is 12.8 Å². The fourth-order valence-electron chi connectivity index (χ4n) is 3.37. The second kappa shape index (κ2) is 13.4. The number of ether oxygens (including phenoxy) is 1. The smallest absolute Gasteiger partial charge is 0.253 e. The van der Waals surface area contributed by atoms with Gasteiger partial charge in [0.05, 0.1) is 13.2 Å². The minimum Gasteiger partial charge on any atom is -0.493 e. The molecule has 0 aromatic heterocycles. The molecule has 1 fully saturated rings. The van der Waals surface area contributed by atoms with E-state index in [1.165, 1.54) is 18.4 Å². The van der Waals surface area contributed by atoms with Gasteiger partial charge in [-0.3, -0.25) is 4.79 Å². The average Bonchev–Trinajstić information content (AvgIpc) is 3.61. The fourth-order valence-corrected chi connectivity index (χ4v) is 3.37. The standard InChI is InChI=1S/C26H36N4O2.HI/c1-5-27-26(28-14-13-20-7-6-8-22(16-20)25(31)30(3)4)29-17-23-12-9-19(2)15-24(23)32-18-21-10-11-21;/h6-9,12,15-16,21H,5,10-11,13-14,17-18H2,1-4H3,(H2,27,28,29);1H. The maximum Gasteiger partial charge on any atom is 0.253 e. The van der Waals surface area contributed by atoms with Crippen LogP contribution in [0.3, 0.4) is 0 Å². The van der Waals surface area contributed by atoms with Crippen molar-refractivity contribution < 1.29 is 9.53 Å². The Hall–Kier alpha value is -2.29. The topological polar surface area (TPSA) is 66.0 Å². The lowest BCUT2D eigenvalue weighted by Crippen LogP contribution is -2.38. The summed E-state index contributed by atoms with van der Waals surface area (Å²) >= 11 is 0. The molecule has 180 valence electrons. The molecule has 3 rings (SSSR count). The van der Waals surface area contributed by atoms with Gasteiger partial charge in [-0.2, -0.15) is 0 Å². The first-order valence-corrected chi connectivity index (χ1v) is 11.5. The maximum absolute atomic E-state index is 12.2. The van der Waals surface area contributed by atoms with Crippen LogP contribution in [0.1, 0.15) is 46.8 Å². The quantitative estimate of drug-likeness (QED) is 0.255. The summed E-state index contributed by atoms with van der Waals surface area (Å²) in [6.45, 7) is 7.02. The van der Waals surface area contributed by atoms with Gasteiger partial charge < -0.3 is 20.3 Å². The van der Waals surface area contributed by atoms with Crippen LogP contribution in [-0.4, -0.2) is 50.6 Å². The highest BCUT2D eigenvalue weighted by atomic mass is 127. The number of halogens is 1. The Kier molecular flexibility index (Phi) is 11.0. The zero-order valence-corrected chi connectivity index (χ0v) is 22.5. The number of nitrogens with one attached hydrogen (secondary N) is 2. The highest BCUT2D eigenvalue weighted by Crippen LogP contribution is 2.31. The molecule has 0 bridgehead atoms. The molecule has 0 heterocycles. The van der Waals surface area contributed by atoms with Crippen molar-refractivity contribution in [3.8, 4) is 5.75 Å². The third kappa shape index (κ3) is 8.87. The van der Waals surface area contributed by atoms with Crippen molar-refractivity contribution >= 4 is 35.8 Å². The van der Waals surface area contributed by atoms with Crippen molar-refractivity contribution in [2.45, 2.75) is 39.7 Å². The van der Waals surface area contributed by atoms with Crippen molar-refractivity contribution in [2.75, 3.05) is 33.8 Å². The zero-order chi connectivity index (χ0) is 22.9. The van der Waals surface area contributed by atoms with E-state index in [0.717, 1.165) is 54.9 Å². The van der Waals surface area contributed by atoms with Gasteiger partial charge in [-0.05, 0) is 68.4 Å². The maximum atomic E-state index is 12.2. The minimum absolute atomic E-state index is 0. The molecule has 1 saturated carbocycles. The first-order chi connectivity index (χ1) is 15.5. The zero-order valence-electron chi connectivity index (χ0n) is 20.2. The third-order valence-corrected chi connectivity index (χ3v) is 5.43. The second-order valence-corrected chi connectivity index (χ2v) is 8.64. The number of benzene rings is 2. The summed E-state index contributed by atoms with van der Waals surface area (Å²) in [5.74, 6) is 2.46. The lowest BCUT2D eigenvalue weighted by Gasteiger charge is -2.14. The first kappa shape index (κ1) is 27.0. The average molecular weight is 565 g/mol. The van der Waals surface area contributed by atoms with Crippen molar-refractivity contribution in [2.24, 2.45) is 10.9 Å². The Morgan fingerprint density at radius 1 is 1.15 bits per heavy atom. The molecule has 7 heteroatoms.